The van der Waals surface area contributed by atoms with Crippen LogP contribution in [0.4, 0.5) is 0 Å². The van der Waals surface area contributed by atoms with Crippen molar-refractivity contribution in [2.75, 3.05) is 13.2 Å². The number of carbonyl (C=O) groups excluding carboxylic acids is 2. The van der Waals surface area contributed by atoms with Crippen LogP contribution < -0.4 is 4.74 Å². The highest BCUT2D eigenvalue weighted by Crippen LogP contribution is 2.40. The third-order valence-electron chi connectivity index (χ3n) is 5.68. The van der Waals surface area contributed by atoms with Crippen molar-refractivity contribution in [2.24, 2.45) is 0 Å². The summed E-state index contributed by atoms with van der Waals surface area (Å²) >= 11 is 3.43. The lowest BCUT2D eigenvalue weighted by Crippen LogP contribution is -2.31. The summed E-state index contributed by atoms with van der Waals surface area (Å²) in [7, 11) is 0. The number of imidazole rings is 1. The molecule has 7 nitrogen and oxygen atoms in total. The van der Waals surface area contributed by atoms with Crippen LogP contribution in [0.5, 0.6) is 5.75 Å². The standard InChI is InChI=1S/C26H26BrN3O4/c1-2-15-34-21-6-3-5-19(16-21)24(31)22-23(18-7-9-20(27)10-8-18)30(26(33)25(22)32)13-4-12-29-14-11-28-17-29/h3,5-11,14,16-17,23,31H,2,4,12-13,15H2,1H3. The molecule has 34 heavy (non-hydrogen) atoms. The van der Waals surface area contributed by atoms with Crippen molar-refractivity contribution < 1.29 is 19.4 Å². The van der Waals surface area contributed by atoms with Gasteiger partial charge in [-0.25, -0.2) is 4.98 Å². The monoisotopic (exact) mass is 523 g/mol. The third-order valence-corrected chi connectivity index (χ3v) is 6.21. The summed E-state index contributed by atoms with van der Waals surface area (Å²) in [5, 5.41) is 11.2. The van der Waals surface area contributed by atoms with E-state index in [0.29, 0.717) is 37.4 Å². The highest BCUT2D eigenvalue weighted by molar-refractivity contribution is 9.10. The fourth-order valence-electron chi connectivity index (χ4n) is 4.05. The number of halogens is 1. The number of ether oxygens (including phenoxy) is 1. The average molecular weight is 524 g/mol. The number of carbonyl (C=O) groups is 2. The van der Waals surface area contributed by atoms with Crippen LogP contribution in [0.3, 0.4) is 0 Å². The molecule has 0 bridgehead atoms. The number of hydrogen-bond acceptors (Lipinski definition) is 5. The molecule has 3 aromatic rings. The lowest BCUT2D eigenvalue weighted by Gasteiger charge is -2.25. The van der Waals surface area contributed by atoms with Gasteiger partial charge in [0.05, 0.1) is 24.5 Å². The van der Waals surface area contributed by atoms with Gasteiger partial charge < -0.3 is 19.3 Å². The molecular weight excluding hydrogens is 498 g/mol. The zero-order valence-corrected chi connectivity index (χ0v) is 20.4. The van der Waals surface area contributed by atoms with Gasteiger partial charge in [-0.1, -0.05) is 47.1 Å². The highest BCUT2D eigenvalue weighted by atomic mass is 79.9. The summed E-state index contributed by atoms with van der Waals surface area (Å²) in [5.41, 5.74) is 1.28. The molecular formula is C26H26BrN3O4. The summed E-state index contributed by atoms with van der Waals surface area (Å²) < 4.78 is 8.49. The van der Waals surface area contributed by atoms with E-state index in [4.69, 9.17) is 4.74 Å². The van der Waals surface area contributed by atoms with Gasteiger partial charge in [-0.2, -0.15) is 0 Å². The molecule has 8 heteroatoms. The predicted octanol–water partition coefficient (Wildman–Crippen LogP) is 4.95. The number of aromatic nitrogens is 2. The van der Waals surface area contributed by atoms with E-state index in [2.05, 4.69) is 20.9 Å². The number of aryl methyl sites for hydroxylation is 1. The molecule has 1 atom stereocenters. The normalized spacial score (nSPS) is 17.4. The van der Waals surface area contributed by atoms with E-state index < -0.39 is 17.7 Å². The fourth-order valence-corrected chi connectivity index (χ4v) is 4.32. The van der Waals surface area contributed by atoms with Crippen molar-refractivity contribution in [1.29, 1.82) is 0 Å². The van der Waals surface area contributed by atoms with Gasteiger partial charge in [-0.15, -0.1) is 0 Å². The lowest BCUT2D eigenvalue weighted by molar-refractivity contribution is -0.139. The van der Waals surface area contributed by atoms with Crippen LogP contribution in [0.2, 0.25) is 0 Å². The molecule has 1 saturated heterocycles. The maximum Gasteiger partial charge on any atom is 0.295 e. The van der Waals surface area contributed by atoms with E-state index in [0.717, 1.165) is 16.5 Å². The molecule has 2 aromatic carbocycles. The van der Waals surface area contributed by atoms with Crippen LogP contribution in [0.1, 0.15) is 36.9 Å². The number of likely N-dealkylation sites (tertiary alicyclic amines) is 1. The minimum atomic E-state index is -0.687. The van der Waals surface area contributed by atoms with Gasteiger partial charge >= 0.3 is 0 Å². The van der Waals surface area contributed by atoms with Gasteiger partial charge in [0.1, 0.15) is 11.5 Å². The first kappa shape index (κ1) is 23.8. The number of benzene rings is 2. The summed E-state index contributed by atoms with van der Waals surface area (Å²) in [6, 6.07) is 13.7. The SMILES string of the molecule is CCCOc1cccc(C(O)=C2C(=O)C(=O)N(CCCn3ccnc3)C2c2ccc(Br)cc2)c1. The second-order valence-electron chi connectivity index (χ2n) is 8.07. The van der Waals surface area contributed by atoms with E-state index in [1.54, 1.807) is 41.7 Å². The number of aliphatic hydroxyl groups excluding tert-OH is 1. The number of ketones is 1. The smallest absolute Gasteiger partial charge is 0.295 e. The number of hydrogen-bond donors (Lipinski definition) is 1. The molecule has 1 aliphatic heterocycles. The van der Waals surface area contributed by atoms with Gasteiger partial charge in [0.15, 0.2) is 0 Å². The first-order valence-electron chi connectivity index (χ1n) is 11.2. The maximum absolute atomic E-state index is 13.2. The van der Waals surface area contributed by atoms with Gasteiger partial charge in [0.2, 0.25) is 0 Å². The number of aliphatic hydroxyl groups is 1. The number of rotatable bonds is 9. The Labute approximate surface area is 206 Å². The van der Waals surface area contributed by atoms with E-state index >= 15 is 0 Å². The topological polar surface area (TPSA) is 84.7 Å². The van der Waals surface area contributed by atoms with Crippen molar-refractivity contribution in [3.63, 3.8) is 0 Å². The highest BCUT2D eigenvalue weighted by Gasteiger charge is 2.45. The van der Waals surface area contributed by atoms with Gasteiger partial charge in [-0.05, 0) is 42.7 Å². The third kappa shape index (κ3) is 5.07. The van der Waals surface area contributed by atoms with Crippen molar-refractivity contribution in [3.05, 3.63) is 88.4 Å². The van der Waals surface area contributed by atoms with E-state index in [1.807, 2.05) is 42.0 Å². The van der Waals surface area contributed by atoms with E-state index in [1.165, 1.54) is 0 Å². The van der Waals surface area contributed by atoms with Crippen LogP contribution in [0, 0.1) is 0 Å². The fraction of sp³-hybridized carbons (Fsp3) is 0.269. The molecule has 0 aliphatic carbocycles. The first-order chi connectivity index (χ1) is 16.5. The minimum Gasteiger partial charge on any atom is -0.507 e. The predicted molar refractivity (Wildman–Crippen MR) is 132 cm³/mol. The zero-order valence-electron chi connectivity index (χ0n) is 18.9. The molecule has 176 valence electrons. The van der Waals surface area contributed by atoms with Crippen LogP contribution >= 0.6 is 15.9 Å². The Bertz CT molecular complexity index is 1190. The number of Topliss-reactive ketones (excluding diaryl/α,β-unsaturated/α-hetero) is 1. The molecule has 1 N–H and O–H groups in total. The Hall–Kier alpha value is -3.39. The molecule has 1 fully saturated rings. The summed E-state index contributed by atoms with van der Waals surface area (Å²) in [6.45, 7) is 3.58. The Morgan fingerprint density at radius 3 is 2.65 bits per heavy atom. The minimum absolute atomic E-state index is 0.0857. The average Bonchev–Trinajstić information content (AvgIpc) is 3.45. The quantitative estimate of drug-likeness (QED) is 0.243. The summed E-state index contributed by atoms with van der Waals surface area (Å²) in [5.74, 6) is -0.905. The Kier molecular flexibility index (Phi) is 7.47. The number of amides is 1. The summed E-state index contributed by atoms with van der Waals surface area (Å²) in [4.78, 5) is 31.8. The Morgan fingerprint density at radius 2 is 1.94 bits per heavy atom. The van der Waals surface area contributed by atoms with E-state index in [9.17, 15) is 14.7 Å². The van der Waals surface area contributed by atoms with Crippen LogP contribution in [0.25, 0.3) is 5.76 Å². The molecule has 0 spiro atoms. The maximum atomic E-state index is 13.2. The molecule has 0 saturated carbocycles. The first-order valence-corrected chi connectivity index (χ1v) is 12.0. The second-order valence-corrected chi connectivity index (χ2v) is 8.99. The lowest BCUT2D eigenvalue weighted by atomic mass is 9.95. The van der Waals surface area contributed by atoms with Crippen molar-refractivity contribution in [1.82, 2.24) is 14.5 Å². The molecule has 1 aliphatic rings. The Balaban J connectivity index is 1.71. The van der Waals surface area contributed by atoms with E-state index in [-0.39, 0.29) is 11.3 Å². The van der Waals surface area contributed by atoms with Crippen LogP contribution in [-0.4, -0.2) is 44.4 Å². The molecule has 0 radical (unpaired) electrons. The van der Waals surface area contributed by atoms with Gasteiger partial charge in [0, 0.05) is 35.5 Å². The zero-order chi connectivity index (χ0) is 24.1. The second kappa shape index (κ2) is 10.7. The van der Waals surface area contributed by atoms with Crippen molar-refractivity contribution in [2.45, 2.75) is 32.4 Å². The van der Waals surface area contributed by atoms with Gasteiger partial charge in [0.25, 0.3) is 11.7 Å². The largest absolute Gasteiger partial charge is 0.507 e. The molecule has 4 rings (SSSR count). The molecule has 2 heterocycles. The summed E-state index contributed by atoms with van der Waals surface area (Å²) in [6.07, 6.45) is 6.76. The van der Waals surface area contributed by atoms with Crippen LogP contribution in [0.15, 0.2) is 77.3 Å². The molecule has 1 unspecified atom stereocenters. The van der Waals surface area contributed by atoms with Crippen LogP contribution in [-0.2, 0) is 16.1 Å². The molecule has 1 amide bonds. The Morgan fingerprint density at radius 1 is 1.15 bits per heavy atom. The van der Waals surface area contributed by atoms with Gasteiger partial charge in [-0.3, -0.25) is 9.59 Å². The number of nitrogens with zero attached hydrogens (tertiary/aromatic N) is 3. The molecule has 1 aromatic heterocycles. The van der Waals surface area contributed by atoms with Crippen molar-refractivity contribution >= 4 is 33.4 Å². The van der Waals surface area contributed by atoms with Crippen molar-refractivity contribution in [3.8, 4) is 5.75 Å².